The maximum Gasteiger partial charge on any atom is 0.234 e. The van der Waals surface area contributed by atoms with Crippen LogP contribution in [0.4, 0.5) is 11.4 Å². The van der Waals surface area contributed by atoms with Crippen LogP contribution in [-0.2, 0) is 4.79 Å². The Morgan fingerprint density at radius 3 is 2.35 bits per heavy atom. The number of hydrogen-bond donors (Lipinski definition) is 1. The first kappa shape index (κ1) is 20.7. The minimum atomic E-state index is -0.102. The van der Waals surface area contributed by atoms with E-state index in [1.54, 1.807) is 7.11 Å². The molecule has 0 fully saturated rings. The summed E-state index contributed by atoms with van der Waals surface area (Å²) in [6.45, 7) is 0.445. The van der Waals surface area contributed by atoms with Gasteiger partial charge in [0, 0.05) is 16.9 Å². The molecule has 1 N–H and O–H groups in total. The van der Waals surface area contributed by atoms with Gasteiger partial charge in [-0.15, -0.1) is 0 Å². The molecule has 3 aromatic rings. The fourth-order valence-electron chi connectivity index (χ4n) is 3.04. The highest BCUT2D eigenvalue weighted by atomic mass is 32.2. The fourth-order valence-corrected chi connectivity index (χ4v) is 3.84. The van der Waals surface area contributed by atoms with Crippen LogP contribution in [-0.4, -0.2) is 36.4 Å². The standard InChI is InChI=1S/C24H22N4O2S/c1-30-21-14-12-19(13-15-21)26-22(29)16-31-24-27-23(18-8-4-2-5-9-18)25-17-28(24)20-10-6-3-7-11-20/h2-15H,16-17H2,1H3,(H,26,29). The lowest BCUT2D eigenvalue weighted by molar-refractivity contribution is -0.113. The Hall–Kier alpha value is -3.58. The van der Waals surface area contributed by atoms with Gasteiger partial charge in [0.05, 0.1) is 12.9 Å². The molecule has 0 aliphatic carbocycles. The number of ether oxygens (including phenoxy) is 1. The van der Waals surface area contributed by atoms with Gasteiger partial charge in [-0.1, -0.05) is 60.3 Å². The molecule has 1 aliphatic rings. The van der Waals surface area contributed by atoms with Gasteiger partial charge in [-0.3, -0.25) is 4.79 Å². The first-order chi connectivity index (χ1) is 15.2. The van der Waals surface area contributed by atoms with Crippen LogP contribution in [0.15, 0.2) is 94.9 Å². The van der Waals surface area contributed by atoms with Crippen molar-refractivity contribution in [3.05, 3.63) is 90.5 Å². The summed E-state index contributed by atoms with van der Waals surface area (Å²) in [5.41, 5.74) is 2.67. The number of nitrogens with zero attached hydrogens (tertiary/aromatic N) is 3. The van der Waals surface area contributed by atoms with Crippen LogP contribution in [0, 0.1) is 0 Å². The Kier molecular flexibility index (Phi) is 6.64. The molecule has 0 spiro atoms. The van der Waals surface area contributed by atoms with Crippen LogP contribution in [0.3, 0.4) is 0 Å². The molecule has 1 heterocycles. The van der Waals surface area contributed by atoms with E-state index in [-0.39, 0.29) is 11.7 Å². The molecule has 0 radical (unpaired) electrons. The van der Waals surface area contributed by atoms with Crippen molar-refractivity contribution in [3.8, 4) is 5.75 Å². The summed E-state index contributed by atoms with van der Waals surface area (Å²) in [7, 11) is 1.61. The number of methoxy groups -OCH3 is 1. The van der Waals surface area contributed by atoms with Gasteiger partial charge in [-0.25, -0.2) is 9.98 Å². The van der Waals surface area contributed by atoms with Gasteiger partial charge in [0.15, 0.2) is 11.0 Å². The number of para-hydroxylation sites is 1. The molecule has 1 aliphatic heterocycles. The average Bonchev–Trinajstić information content (AvgIpc) is 2.84. The lowest BCUT2D eigenvalue weighted by Gasteiger charge is -2.27. The van der Waals surface area contributed by atoms with Gasteiger partial charge < -0.3 is 15.0 Å². The van der Waals surface area contributed by atoms with E-state index in [9.17, 15) is 4.79 Å². The lowest BCUT2D eigenvalue weighted by Crippen LogP contribution is -2.34. The Bertz CT molecular complexity index is 1080. The summed E-state index contributed by atoms with van der Waals surface area (Å²) in [4.78, 5) is 24.0. The van der Waals surface area contributed by atoms with E-state index in [1.165, 1.54) is 11.8 Å². The summed E-state index contributed by atoms with van der Waals surface area (Å²) in [6, 6.07) is 27.1. The van der Waals surface area contributed by atoms with Crippen molar-refractivity contribution in [2.24, 2.45) is 9.98 Å². The zero-order chi connectivity index (χ0) is 21.5. The van der Waals surface area contributed by atoms with E-state index in [4.69, 9.17) is 9.73 Å². The molecule has 0 saturated heterocycles. The Morgan fingerprint density at radius 1 is 1.00 bits per heavy atom. The minimum Gasteiger partial charge on any atom is -0.497 e. The Balaban J connectivity index is 1.49. The van der Waals surface area contributed by atoms with Gasteiger partial charge in [0.2, 0.25) is 5.91 Å². The van der Waals surface area contributed by atoms with E-state index in [0.29, 0.717) is 12.5 Å². The Labute approximate surface area is 185 Å². The number of hydrogen-bond acceptors (Lipinski definition) is 6. The molecule has 4 rings (SSSR count). The van der Waals surface area contributed by atoms with E-state index < -0.39 is 0 Å². The number of carbonyl (C=O) groups excluding carboxylic acids is 1. The molecular weight excluding hydrogens is 408 g/mol. The molecule has 0 bridgehead atoms. The molecule has 0 aromatic heterocycles. The maximum absolute atomic E-state index is 12.5. The topological polar surface area (TPSA) is 66.3 Å². The van der Waals surface area contributed by atoms with Crippen molar-refractivity contribution < 1.29 is 9.53 Å². The number of thioether (sulfide) groups is 1. The fraction of sp³-hybridized carbons (Fsp3) is 0.125. The minimum absolute atomic E-state index is 0.102. The molecule has 0 saturated carbocycles. The van der Waals surface area contributed by atoms with Crippen molar-refractivity contribution >= 4 is 40.0 Å². The van der Waals surface area contributed by atoms with Gasteiger partial charge >= 0.3 is 0 Å². The van der Waals surface area contributed by atoms with E-state index >= 15 is 0 Å². The lowest BCUT2D eigenvalue weighted by atomic mass is 10.2. The first-order valence-corrected chi connectivity index (χ1v) is 10.8. The van der Waals surface area contributed by atoms with Gasteiger partial charge in [0.25, 0.3) is 0 Å². The highest BCUT2D eigenvalue weighted by molar-refractivity contribution is 8.14. The summed E-state index contributed by atoms with van der Waals surface area (Å²) in [6.07, 6.45) is 0. The molecule has 156 valence electrons. The van der Waals surface area contributed by atoms with Gasteiger partial charge in [0.1, 0.15) is 12.4 Å². The highest BCUT2D eigenvalue weighted by Gasteiger charge is 2.21. The van der Waals surface area contributed by atoms with Crippen molar-refractivity contribution in [1.29, 1.82) is 0 Å². The predicted octanol–water partition coefficient (Wildman–Crippen LogP) is 4.65. The van der Waals surface area contributed by atoms with Crippen LogP contribution in [0.1, 0.15) is 5.56 Å². The summed E-state index contributed by atoms with van der Waals surface area (Å²) >= 11 is 1.39. The number of amides is 1. The van der Waals surface area contributed by atoms with E-state index in [2.05, 4.69) is 10.3 Å². The number of amidine groups is 2. The number of carbonyl (C=O) groups is 1. The summed E-state index contributed by atoms with van der Waals surface area (Å²) in [5, 5.41) is 3.65. The van der Waals surface area contributed by atoms with Crippen molar-refractivity contribution in [2.45, 2.75) is 0 Å². The zero-order valence-electron chi connectivity index (χ0n) is 17.1. The quantitative estimate of drug-likeness (QED) is 0.618. The molecule has 1 amide bonds. The SMILES string of the molecule is COc1ccc(NC(=O)CSC2=NC(c3ccccc3)=NCN2c2ccccc2)cc1. The van der Waals surface area contributed by atoms with Crippen LogP contribution in [0.2, 0.25) is 0 Å². The summed E-state index contributed by atoms with van der Waals surface area (Å²) in [5.74, 6) is 1.55. The largest absolute Gasteiger partial charge is 0.497 e. The smallest absolute Gasteiger partial charge is 0.234 e. The second-order valence-electron chi connectivity index (χ2n) is 6.71. The van der Waals surface area contributed by atoms with Crippen LogP contribution >= 0.6 is 11.8 Å². The number of anilines is 2. The molecule has 3 aromatic carbocycles. The second kappa shape index (κ2) is 9.95. The first-order valence-electron chi connectivity index (χ1n) is 9.81. The third-order valence-corrected chi connectivity index (χ3v) is 5.58. The van der Waals surface area contributed by atoms with Crippen LogP contribution < -0.4 is 15.0 Å². The average molecular weight is 431 g/mol. The van der Waals surface area contributed by atoms with Crippen LogP contribution in [0.5, 0.6) is 5.75 Å². The molecule has 6 nitrogen and oxygen atoms in total. The monoisotopic (exact) mass is 430 g/mol. The third-order valence-electron chi connectivity index (χ3n) is 4.60. The number of nitrogens with one attached hydrogen (secondary N) is 1. The van der Waals surface area contributed by atoms with Crippen LogP contribution in [0.25, 0.3) is 0 Å². The molecule has 7 heteroatoms. The highest BCUT2D eigenvalue weighted by Crippen LogP contribution is 2.24. The number of rotatable bonds is 6. The summed E-state index contributed by atoms with van der Waals surface area (Å²) < 4.78 is 5.15. The van der Waals surface area contributed by atoms with Crippen molar-refractivity contribution in [3.63, 3.8) is 0 Å². The number of benzene rings is 3. The number of aliphatic imine (C=N–C) groups is 2. The van der Waals surface area contributed by atoms with E-state index in [0.717, 1.165) is 27.9 Å². The van der Waals surface area contributed by atoms with Gasteiger partial charge in [-0.2, -0.15) is 0 Å². The second-order valence-corrected chi connectivity index (χ2v) is 7.65. The Morgan fingerprint density at radius 2 is 1.68 bits per heavy atom. The molecule has 0 atom stereocenters. The van der Waals surface area contributed by atoms with Gasteiger partial charge in [-0.05, 0) is 36.4 Å². The predicted molar refractivity (Wildman–Crippen MR) is 128 cm³/mol. The zero-order valence-corrected chi connectivity index (χ0v) is 17.9. The molecular formula is C24H22N4O2S. The normalized spacial score (nSPS) is 13.3. The third kappa shape index (κ3) is 5.32. The van der Waals surface area contributed by atoms with Crippen molar-refractivity contribution in [1.82, 2.24) is 0 Å². The molecule has 0 unspecified atom stereocenters. The van der Waals surface area contributed by atoms with Crippen molar-refractivity contribution in [2.75, 3.05) is 29.7 Å². The van der Waals surface area contributed by atoms with E-state index in [1.807, 2.05) is 89.8 Å². The maximum atomic E-state index is 12.5. The molecule has 31 heavy (non-hydrogen) atoms.